The highest BCUT2D eigenvalue weighted by atomic mass is 32.2. The fourth-order valence-electron chi connectivity index (χ4n) is 3.20. The van der Waals surface area contributed by atoms with Crippen molar-refractivity contribution in [3.8, 4) is 0 Å². The van der Waals surface area contributed by atoms with Crippen LogP contribution >= 0.6 is 11.8 Å². The first-order valence-corrected chi connectivity index (χ1v) is 7.98. The Morgan fingerprint density at radius 3 is 3.32 bits per heavy atom. The number of esters is 1. The number of ether oxygens (including phenoxy) is 1. The van der Waals surface area contributed by atoms with E-state index >= 15 is 0 Å². The molecule has 1 spiro atoms. The topological polar surface area (TPSA) is 38.7 Å². The lowest BCUT2D eigenvalue weighted by atomic mass is 9.74. The first kappa shape index (κ1) is 13.0. The molecule has 1 saturated heterocycles. The molecule has 0 bridgehead atoms. The predicted molar refractivity (Wildman–Crippen MR) is 78.6 cm³/mol. The maximum Gasteiger partial charge on any atom is 0.310 e. The van der Waals surface area contributed by atoms with Gasteiger partial charge in [0.1, 0.15) is 0 Å². The second kappa shape index (κ2) is 5.16. The molecular formula is C15H19NO2S. The molecule has 0 N–H and O–H groups in total. The SMILES string of the molecule is CCCOC(=O)C1CSC23C=CC=CC2=NCCC13. The van der Waals surface area contributed by atoms with Gasteiger partial charge in [-0.05, 0) is 24.8 Å². The van der Waals surface area contributed by atoms with Gasteiger partial charge in [-0.2, -0.15) is 0 Å². The van der Waals surface area contributed by atoms with Crippen LogP contribution in [-0.4, -0.2) is 35.3 Å². The predicted octanol–water partition coefficient (Wildman–Crippen LogP) is 2.63. The summed E-state index contributed by atoms with van der Waals surface area (Å²) in [7, 11) is 0. The van der Waals surface area contributed by atoms with Crippen LogP contribution in [0.25, 0.3) is 0 Å². The summed E-state index contributed by atoms with van der Waals surface area (Å²) in [4.78, 5) is 16.9. The van der Waals surface area contributed by atoms with E-state index in [1.807, 2.05) is 24.8 Å². The highest BCUT2D eigenvalue weighted by Crippen LogP contribution is 2.53. The van der Waals surface area contributed by atoms with Crippen LogP contribution in [-0.2, 0) is 9.53 Å². The third kappa shape index (κ3) is 2.06. The molecule has 2 aliphatic heterocycles. The highest BCUT2D eigenvalue weighted by Gasteiger charge is 2.54. The van der Waals surface area contributed by atoms with E-state index < -0.39 is 0 Å². The molecule has 19 heavy (non-hydrogen) atoms. The van der Waals surface area contributed by atoms with E-state index in [2.05, 4.69) is 23.2 Å². The van der Waals surface area contributed by atoms with Crippen molar-refractivity contribution in [3.63, 3.8) is 0 Å². The zero-order valence-corrected chi connectivity index (χ0v) is 12.0. The largest absolute Gasteiger partial charge is 0.465 e. The van der Waals surface area contributed by atoms with E-state index in [1.54, 1.807) is 0 Å². The van der Waals surface area contributed by atoms with Crippen LogP contribution in [0, 0.1) is 11.8 Å². The summed E-state index contributed by atoms with van der Waals surface area (Å²) in [6.07, 6.45) is 10.3. The van der Waals surface area contributed by atoms with Crippen LogP contribution in [0.4, 0.5) is 0 Å². The number of hydrogen-bond donors (Lipinski definition) is 0. The lowest BCUT2D eigenvalue weighted by Gasteiger charge is -2.37. The number of allylic oxidation sites excluding steroid dienone is 3. The summed E-state index contributed by atoms with van der Waals surface area (Å²) in [5.74, 6) is 1.21. The Kier molecular flexibility index (Phi) is 3.52. The first-order chi connectivity index (χ1) is 9.28. The van der Waals surface area contributed by atoms with E-state index in [4.69, 9.17) is 4.74 Å². The average Bonchev–Trinajstić information content (AvgIpc) is 2.82. The molecule has 3 rings (SSSR count). The molecule has 4 heteroatoms. The quantitative estimate of drug-likeness (QED) is 0.744. The lowest BCUT2D eigenvalue weighted by Crippen LogP contribution is -2.44. The van der Waals surface area contributed by atoms with Crippen LogP contribution in [0.2, 0.25) is 0 Å². The summed E-state index contributed by atoms with van der Waals surface area (Å²) in [6.45, 7) is 3.40. The normalized spacial score (nSPS) is 35.5. The fraction of sp³-hybridized carbons (Fsp3) is 0.600. The van der Waals surface area contributed by atoms with Crippen LogP contribution in [0.3, 0.4) is 0 Å². The summed E-state index contributed by atoms with van der Waals surface area (Å²) in [5, 5.41) is 0. The van der Waals surface area contributed by atoms with E-state index in [9.17, 15) is 4.79 Å². The monoisotopic (exact) mass is 277 g/mol. The molecule has 3 aliphatic rings. The van der Waals surface area contributed by atoms with Gasteiger partial charge >= 0.3 is 5.97 Å². The third-order valence-electron chi connectivity index (χ3n) is 4.12. The Morgan fingerprint density at radius 2 is 2.47 bits per heavy atom. The van der Waals surface area contributed by atoms with Gasteiger partial charge in [-0.25, -0.2) is 0 Å². The van der Waals surface area contributed by atoms with Crippen LogP contribution in [0.15, 0.2) is 29.3 Å². The van der Waals surface area contributed by atoms with Crippen LogP contribution in [0.1, 0.15) is 19.8 Å². The molecule has 0 aromatic heterocycles. The van der Waals surface area contributed by atoms with Gasteiger partial charge in [0.2, 0.25) is 0 Å². The second-order valence-corrected chi connectivity index (χ2v) is 6.56. The molecule has 2 heterocycles. The summed E-state index contributed by atoms with van der Waals surface area (Å²) in [5.41, 5.74) is 1.14. The number of hydrogen-bond acceptors (Lipinski definition) is 4. The zero-order valence-electron chi connectivity index (χ0n) is 11.2. The third-order valence-corrected chi connectivity index (χ3v) is 5.77. The molecule has 3 atom stereocenters. The maximum absolute atomic E-state index is 12.2. The standard InChI is InChI=1S/C15H19NO2S/c1-2-9-18-14(17)11-10-19-15-7-4-3-5-13(15)16-8-6-12(11)15/h3-5,7,11-12H,2,6,8-10H2,1H3. The van der Waals surface area contributed by atoms with Crippen molar-refractivity contribution < 1.29 is 9.53 Å². The lowest BCUT2D eigenvalue weighted by molar-refractivity contribution is -0.149. The molecule has 0 saturated carbocycles. The smallest absolute Gasteiger partial charge is 0.310 e. The molecule has 0 aromatic rings. The van der Waals surface area contributed by atoms with Gasteiger partial charge < -0.3 is 4.74 Å². The van der Waals surface area contributed by atoms with Crippen LogP contribution in [0.5, 0.6) is 0 Å². The molecule has 0 amide bonds. The molecule has 102 valence electrons. The van der Waals surface area contributed by atoms with Gasteiger partial charge in [0.25, 0.3) is 0 Å². The summed E-state index contributed by atoms with van der Waals surface area (Å²) < 4.78 is 5.30. The summed E-state index contributed by atoms with van der Waals surface area (Å²) in [6, 6.07) is 0. The van der Waals surface area contributed by atoms with Gasteiger partial charge in [-0.3, -0.25) is 9.79 Å². The minimum Gasteiger partial charge on any atom is -0.465 e. The Hall–Kier alpha value is -1.03. The highest BCUT2D eigenvalue weighted by molar-refractivity contribution is 8.02. The number of thioether (sulfide) groups is 1. The van der Waals surface area contributed by atoms with E-state index in [0.29, 0.717) is 12.5 Å². The van der Waals surface area contributed by atoms with Crippen molar-refractivity contribution in [2.45, 2.75) is 24.5 Å². The number of aliphatic imine (C=N–C) groups is 1. The minimum absolute atomic E-state index is 0.0135. The number of nitrogens with zero attached hydrogens (tertiary/aromatic N) is 1. The summed E-state index contributed by atoms with van der Waals surface area (Å²) >= 11 is 1.86. The van der Waals surface area contributed by atoms with Crippen molar-refractivity contribution in [2.24, 2.45) is 16.8 Å². The van der Waals surface area contributed by atoms with Crippen molar-refractivity contribution in [3.05, 3.63) is 24.3 Å². The van der Waals surface area contributed by atoms with Crippen molar-refractivity contribution >= 4 is 23.4 Å². The molecule has 3 unspecified atom stereocenters. The van der Waals surface area contributed by atoms with Gasteiger partial charge in [-0.1, -0.05) is 25.2 Å². The Balaban J connectivity index is 1.83. The molecule has 1 fully saturated rings. The van der Waals surface area contributed by atoms with Crippen LogP contribution < -0.4 is 0 Å². The maximum atomic E-state index is 12.2. The van der Waals surface area contributed by atoms with Gasteiger partial charge in [0.05, 0.1) is 23.0 Å². The number of carbonyl (C=O) groups excluding carboxylic acids is 1. The van der Waals surface area contributed by atoms with Gasteiger partial charge in [0.15, 0.2) is 0 Å². The Morgan fingerprint density at radius 1 is 1.58 bits per heavy atom. The first-order valence-electron chi connectivity index (χ1n) is 6.99. The van der Waals surface area contributed by atoms with Crippen molar-refractivity contribution in [1.82, 2.24) is 0 Å². The van der Waals surface area contributed by atoms with E-state index in [0.717, 1.165) is 30.9 Å². The van der Waals surface area contributed by atoms with E-state index in [1.165, 1.54) is 0 Å². The Labute approximate surface area is 118 Å². The zero-order chi connectivity index (χ0) is 13.3. The van der Waals surface area contributed by atoms with Crippen molar-refractivity contribution in [2.75, 3.05) is 18.9 Å². The minimum atomic E-state index is -0.0666. The molecule has 1 aliphatic carbocycles. The second-order valence-electron chi connectivity index (χ2n) is 5.26. The average molecular weight is 277 g/mol. The molecule has 0 aromatic carbocycles. The fourth-order valence-corrected chi connectivity index (χ4v) is 4.98. The number of rotatable bonds is 3. The number of carbonyl (C=O) groups is 1. The molecular weight excluding hydrogens is 258 g/mol. The van der Waals surface area contributed by atoms with Crippen molar-refractivity contribution in [1.29, 1.82) is 0 Å². The molecule has 0 radical (unpaired) electrons. The van der Waals surface area contributed by atoms with Gasteiger partial charge in [0, 0.05) is 12.3 Å². The molecule has 3 nitrogen and oxygen atoms in total. The van der Waals surface area contributed by atoms with Gasteiger partial charge in [-0.15, -0.1) is 11.8 Å². The Bertz CT molecular complexity index is 469. The van der Waals surface area contributed by atoms with E-state index in [-0.39, 0.29) is 16.6 Å².